The average Bonchev–Trinajstić information content (AvgIpc) is 2.26. The highest BCUT2D eigenvalue weighted by molar-refractivity contribution is 7.10. The molecule has 0 aliphatic heterocycles. The van der Waals surface area contributed by atoms with Gasteiger partial charge in [-0.1, -0.05) is 0 Å². The molecule has 0 fully saturated rings. The van der Waals surface area contributed by atoms with E-state index in [0.717, 1.165) is 0 Å². The third-order valence-electron chi connectivity index (χ3n) is 1.99. The topological polar surface area (TPSA) is 52.6 Å². The Bertz CT molecular complexity index is 401. The van der Waals surface area contributed by atoms with Crippen molar-refractivity contribution in [1.82, 2.24) is 0 Å². The molecule has 0 spiro atoms. The van der Waals surface area contributed by atoms with Crippen LogP contribution in [0.3, 0.4) is 0 Å². The Kier molecular flexibility index (Phi) is 3.81. The second-order valence-electron chi connectivity index (χ2n) is 2.94. The van der Waals surface area contributed by atoms with Gasteiger partial charge < -0.3 is 9.26 Å². The van der Waals surface area contributed by atoms with Gasteiger partial charge in [0.15, 0.2) is 0 Å². The van der Waals surface area contributed by atoms with Crippen LogP contribution in [0, 0.1) is 6.92 Å². The van der Waals surface area contributed by atoms with Crippen molar-refractivity contribution in [3.8, 4) is 5.75 Å². The molecule has 0 aliphatic rings. The molecule has 0 aliphatic carbocycles. The van der Waals surface area contributed by atoms with Crippen molar-refractivity contribution in [3.05, 3.63) is 28.8 Å². The fourth-order valence-electron chi connectivity index (χ4n) is 1.33. The van der Waals surface area contributed by atoms with Gasteiger partial charge in [-0.25, -0.2) is 4.79 Å². The number of ether oxygens (including phenoxy) is 1. The SMILES string of the molecule is COc1cc(C=O)cc(C)c1C(=O)OP. The summed E-state index contributed by atoms with van der Waals surface area (Å²) in [7, 11) is 3.32. The number of hydrogen-bond donors (Lipinski definition) is 0. The Labute approximate surface area is 89.9 Å². The second kappa shape index (κ2) is 4.89. The largest absolute Gasteiger partial charge is 0.496 e. The van der Waals surface area contributed by atoms with Gasteiger partial charge in [-0.15, -0.1) is 0 Å². The van der Waals surface area contributed by atoms with E-state index in [4.69, 9.17) is 4.74 Å². The standard InChI is InChI=1S/C10H11O4P/c1-6-3-7(5-11)4-8(13-2)9(6)10(12)14-15/h3-5H,15H2,1-2H3. The Morgan fingerprint density at radius 1 is 1.47 bits per heavy atom. The summed E-state index contributed by atoms with van der Waals surface area (Å²) in [6.45, 7) is 1.71. The van der Waals surface area contributed by atoms with Crippen molar-refractivity contribution in [1.29, 1.82) is 0 Å². The quantitative estimate of drug-likeness (QED) is 0.582. The molecule has 4 nitrogen and oxygen atoms in total. The maximum atomic E-state index is 11.4. The lowest BCUT2D eigenvalue weighted by atomic mass is 10.0. The van der Waals surface area contributed by atoms with E-state index in [2.05, 4.69) is 4.52 Å². The van der Waals surface area contributed by atoms with Crippen LogP contribution in [0.2, 0.25) is 0 Å². The predicted octanol–water partition coefficient (Wildman–Crippen LogP) is 1.76. The van der Waals surface area contributed by atoms with Crippen LogP contribution >= 0.6 is 9.47 Å². The second-order valence-corrected chi connectivity index (χ2v) is 3.17. The summed E-state index contributed by atoms with van der Waals surface area (Å²) in [6.07, 6.45) is 0.700. The van der Waals surface area contributed by atoms with Crippen LogP contribution in [0.4, 0.5) is 0 Å². The lowest BCUT2D eigenvalue weighted by Gasteiger charge is -2.10. The molecule has 0 heterocycles. The zero-order valence-electron chi connectivity index (χ0n) is 8.44. The van der Waals surface area contributed by atoms with Gasteiger partial charge in [0.2, 0.25) is 0 Å². The predicted molar refractivity (Wildman–Crippen MR) is 58.2 cm³/mol. The molecule has 0 N–H and O–H groups in total. The van der Waals surface area contributed by atoms with Crippen LogP contribution in [0.25, 0.3) is 0 Å². The number of rotatable bonds is 3. The lowest BCUT2D eigenvalue weighted by Crippen LogP contribution is -2.05. The van der Waals surface area contributed by atoms with Crippen molar-refractivity contribution in [3.63, 3.8) is 0 Å². The minimum absolute atomic E-state index is 0.332. The van der Waals surface area contributed by atoms with Gasteiger partial charge in [0.05, 0.1) is 16.6 Å². The fraction of sp³-hybridized carbons (Fsp3) is 0.200. The normalized spacial score (nSPS) is 9.53. The Morgan fingerprint density at radius 3 is 2.60 bits per heavy atom. The number of hydrogen-bond acceptors (Lipinski definition) is 4. The fourth-order valence-corrected chi connectivity index (χ4v) is 1.45. The van der Waals surface area contributed by atoms with Crippen LogP contribution in [-0.4, -0.2) is 19.4 Å². The van der Waals surface area contributed by atoms with Crippen LogP contribution < -0.4 is 4.74 Å². The van der Waals surface area contributed by atoms with E-state index >= 15 is 0 Å². The molecule has 1 rings (SSSR count). The number of methoxy groups -OCH3 is 1. The highest BCUT2D eigenvalue weighted by Gasteiger charge is 2.16. The first kappa shape index (κ1) is 11.7. The number of benzene rings is 1. The van der Waals surface area contributed by atoms with Crippen LogP contribution in [0.15, 0.2) is 12.1 Å². The van der Waals surface area contributed by atoms with Crippen molar-refractivity contribution in [2.75, 3.05) is 7.11 Å². The van der Waals surface area contributed by atoms with E-state index in [1.807, 2.05) is 9.47 Å². The Hall–Kier alpha value is -1.41. The summed E-state index contributed by atoms with van der Waals surface area (Å²) in [5.74, 6) is -0.170. The molecule has 1 unspecified atom stereocenters. The third kappa shape index (κ3) is 2.34. The highest BCUT2D eigenvalue weighted by atomic mass is 31.0. The Balaban J connectivity index is 3.36. The molecule has 1 atom stereocenters. The van der Waals surface area contributed by atoms with E-state index in [1.165, 1.54) is 13.2 Å². The monoisotopic (exact) mass is 226 g/mol. The molecule has 5 heteroatoms. The number of carbonyl (C=O) groups is 2. The number of aldehydes is 1. The van der Waals surface area contributed by atoms with Gasteiger partial charge in [0.25, 0.3) is 0 Å². The van der Waals surface area contributed by atoms with Crippen LogP contribution in [0.1, 0.15) is 26.3 Å². The van der Waals surface area contributed by atoms with E-state index in [-0.39, 0.29) is 0 Å². The maximum absolute atomic E-state index is 11.4. The zero-order valence-corrected chi connectivity index (χ0v) is 9.60. The molecule has 0 saturated heterocycles. The van der Waals surface area contributed by atoms with Crippen molar-refractivity contribution in [2.24, 2.45) is 0 Å². The molecular formula is C10H11O4P. The first-order valence-corrected chi connectivity index (χ1v) is 4.66. The molecule has 80 valence electrons. The molecule has 0 aromatic heterocycles. The maximum Gasteiger partial charge on any atom is 0.344 e. The van der Waals surface area contributed by atoms with Gasteiger partial charge >= 0.3 is 5.97 Å². The lowest BCUT2D eigenvalue weighted by molar-refractivity contribution is 0.0761. The molecule has 0 saturated carbocycles. The van der Waals surface area contributed by atoms with Crippen molar-refractivity contribution < 1.29 is 18.8 Å². The molecular weight excluding hydrogens is 215 g/mol. The van der Waals surface area contributed by atoms with Crippen molar-refractivity contribution in [2.45, 2.75) is 6.92 Å². The third-order valence-corrected chi connectivity index (χ3v) is 2.20. The summed E-state index contributed by atoms with van der Waals surface area (Å²) in [5.41, 5.74) is 1.44. The smallest absolute Gasteiger partial charge is 0.344 e. The van der Waals surface area contributed by atoms with E-state index in [1.54, 1.807) is 13.0 Å². The summed E-state index contributed by atoms with van der Waals surface area (Å²) >= 11 is 0. The minimum Gasteiger partial charge on any atom is -0.496 e. The molecule has 1 aromatic carbocycles. The minimum atomic E-state index is -0.508. The van der Waals surface area contributed by atoms with E-state index in [0.29, 0.717) is 28.7 Å². The first-order chi connectivity index (χ1) is 7.13. The van der Waals surface area contributed by atoms with Crippen LogP contribution in [0.5, 0.6) is 5.75 Å². The first-order valence-electron chi connectivity index (χ1n) is 4.19. The average molecular weight is 226 g/mol. The zero-order chi connectivity index (χ0) is 11.4. The van der Waals surface area contributed by atoms with E-state index < -0.39 is 5.97 Å². The van der Waals surface area contributed by atoms with Gasteiger partial charge in [0.1, 0.15) is 17.6 Å². The molecule has 0 radical (unpaired) electrons. The van der Waals surface area contributed by atoms with Gasteiger partial charge in [-0.3, -0.25) is 4.79 Å². The van der Waals surface area contributed by atoms with Gasteiger partial charge in [0, 0.05) is 5.56 Å². The summed E-state index contributed by atoms with van der Waals surface area (Å²) in [6, 6.07) is 3.10. The number of aryl methyl sites for hydroxylation is 1. The molecule has 15 heavy (non-hydrogen) atoms. The van der Waals surface area contributed by atoms with Gasteiger partial charge in [-0.2, -0.15) is 0 Å². The summed E-state index contributed by atoms with van der Waals surface area (Å²) in [5, 5.41) is 0. The Morgan fingerprint density at radius 2 is 2.13 bits per heavy atom. The van der Waals surface area contributed by atoms with Crippen molar-refractivity contribution >= 4 is 21.7 Å². The molecule has 0 bridgehead atoms. The highest BCUT2D eigenvalue weighted by Crippen LogP contribution is 2.25. The number of carbonyl (C=O) groups excluding carboxylic acids is 2. The summed E-state index contributed by atoms with van der Waals surface area (Å²) < 4.78 is 9.57. The van der Waals surface area contributed by atoms with Gasteiger partial charge in [-0.05, 0) is 24.6 Å². The van der Waals surface area contributed by atoms with Crippen LogP contribution in [-0.2, 0) is 4.52 Å². The van der Waals surface area contributed by atoms with E-state index in [9.17, 15) is 9.59 Å². The molecule has 0 amide bonds. The summed E-state index contributed by atoms with van der Waals surface area (Å²) in [4.78, 5) is 22.0. The molecule has 1 aromatic rings.